The molecule has 0 spiro atoms. The van der Waals surface area contributed by atoms with Crippen molar-refractivity contribution in [3.8, 4) is 0 Å². The second-order valence-electron chi connectivity index (χ2n) is 7.99. The number of nitrogens with one attached hydrogen (secondary N) is 1. The largest absolute Gasteiger partial charge is 0.352 e. The number of carbonyl (C=O) groups excluding carboxylic acids is 2. The number of hydrogen-bond donors (Lipinski definition) is 1. The molecule has 0 radical (unpaired) electrons. The molecular formula is C25H34N2O2. The summed E-state index contributed by atoms with van der Waals surface area (Å²) in [4.78, 5) is 27.5. The van der Waals surface area contributed by atoms with E-state index in [0.29, 0.717) is 19.4 Å². The van der Waals surface area contributed by atoms with E-state index in [-0.39, 0.29) is 17.9 Å². The molecule has 0 bridgehead atoms. The van der Waals surface area contributed by atoms with Crippen LogP contribution < -0.4 is 5.32 Å². The van der Waals surface area contributed by atoms with E-state index in [1.165, 1.54) is 11.1 Å². The fourth-order valence-corrected chi connectivity index (χ4v) is 3.09. The van der Waals surface area contributed by atoms with Crippen LogP contribution in [-0.2, 0) is 22.6 Å². The summed E-state index contributed by atoms with van der Waals surface area (Å²) in [6.07, 6.45) is 1.91. The molecule has 0 saturated heterocycles. The molecule has 156 valence electrons. The third-order valence-corrected chi connectivity index (χ3v) is 5.39. The van der Waals surface area contributed by atoms with Gasteiger partial charge in [-0.2, -0.15) is 0 Å². The minimum Gasteiger partial charge on any atom is -0.352 e. The number of carbonyl (C=O) groups is 2. The van der Waals surface area contributed by atoms with Crippen molar-refractivity contribution in [2.45, 2.75) is 72.5 Å². The Morgan fingerprint density at radius 3 is 1.93 bits per heavy atom. The van der Waals surface area contributed by atoms with Crippen molar-refractivity contribution in [1.29, 1.82) is 0 Å². The second-order valence-corrected chi connectivity index (χ2v) is 7.99. The van der Waals surface area contributed by atoms with Crippen molar-refractivity contribution < 1.29 is 9.59 Å². The number of aryl methyl sites for hydroxylation is 3. The Balaban J connectivity index is 2.13. The lowest BCUT2D eigenvalue weighted by atomic mass is 10.1. The summed E-state index contributed by atoms with van der Waals surface area (Å²) in [5, 5.41) is 3.01. The number of amides is 2. The molecule has 1 N–H and O–H groups in total. The van der Waals surface area contributed by atoms with Crippen LogP contribution in [0.2, 0.25) is 0 Å². The lowest BCUT2D eigenvalue weighted by Gasteiger charge is -2.30. The first kappa shape index (κ1) is 22.7. The molecule has 2 aromatic rings. The predicted octanol–water partition coefficient (Wildman–Crippen LogP) is 4.57. The van der Waals surface area contributed by atoms with Crippen molar-refractivity contribution in [1.82, 2.24) is 10.2 Å². The summed E-state index contributed by atoms with van der Waals surface area (Å²) < 4.78 is 0. The molecule has 0 heterocycles. The fraction of sp³-hybridized carbons (Fsp3) is 0.440. The van der Waals surface area contributed by atoms with E-state index in [0.717, 1.165) is 17.5 Å². The molecule has 0 aliphatic rings. The molecular weight excluding hydrogens is 360 g/mol. The third kappa shape index (κ3) is 7.04. The van der Waals surface area contributed by atoms with Gasteiger partial charge in [0.1, 0.15) is 6.04 Å². The summed E-state index contributed by atoms with van der Waals surface area (Å²) >= 11 is 0. The van der Waals surface area contributed by atoms with Crippen molar-refractivity contribution >= 4 is 11.8 Å². The van der Waals surface area contributed by atoms with E-state index in [9.17, 15) is 9.59 Å². The molecule has 2 amide bonds. The second kappa shape index (κ2) is 10.8. The molecule has 2 rings (SSSR count). The zero-order valence-corrected chi connectivity index (χ0v) is 18.4. The van der Waals surface area contributed by atoms with Gasteiger partial charge >= 0.3 is 0 Å². The van der Waals surface area contributed by atoms with E-state index in [1.807, 2.05) is 52.0 Å². The maximum Gasteiger partial charge on any atom is 0.242 e. The highest BCUT2D eigenvalue weighted by Crippen LogP contribution is 2.14. The van der Waals surface area contributed by atoms with Crippen LogP contribution in [0.4, 0.5) is 0 Å². The smallest absolute Gasteiger partial charge is 0.242 e. The lowest BCUT2D eigenvalue weighted by molar-refractivity contribution is -0.140. The summed E-state index contributed by atoms with van der Waals surface area (Å²) in [5.41, 5.74) is 4.54. The maximum absolute atomic E-state index is 13.1. The van der Waals surface area contributed by atoms with Gasteiger partial charge in [0.2, 0.25) is 11.8 Å². The van der Waals surface area contributed by atoms with Gasteiger partial charge in [0.05, 0.1) is 0 Å². The van der Waals surface area contributed by atoms with Crippen molar-refractivity contribution in [2.24, 2.45) is 0 Å². The highest BCUT2D eigenvalue weighted by molar-refractivity contribution is 5.87. The molecule has 2 aromatic carbocycles. The first-order valence-corrected chi connectivity index (χ1v) is 10.5. The zero-order valence-electron chi connectivity index (χ0n) is 18.4. The molecule has 0 unspecified atom stereocenters. The van der Waals surface area contributed by atoms with E-state index in [1.54, 1.807) is 4.90 Å². The van der Waals surface area contributed by atoms with Crippen LogP contribution in [0, 0.1) is 13.8 Å². The average molecular weight is 395 g/mol. The molecule has 4 nitrogen and oxygen atoms in total. The van der Waals surface area contributed by atoms with Crippen molar-refractivity contribution in [3.63, 3.8) is 0 Å². The summed E-state index contributed by atoms with van der Waals surface area (Å²) in [7, 11) is 0. The molecule has 4 heteroatoms. The Morgan fingerprint density at radius 2 is 1.41 bits per heavy atom. The van der Waals surface area contributed by atoms with Crippen LogP contribution in [0.1, 0.15) is 55.9 Å². The number of rotatable bonds is 9. The zero-order chi connectivity index (χ0) is 21.4. The van der Waals surface area contributed by atoms with Crippen molar-refractivity contribution in [3.05, 3.63) is 70.8 Å². The van der Waals surface area contributed by atoms with Crippen LogP contribution in [0.3, 0.4) is 0 Å². The molecule has 29 heavy (non-hydrogen) atoms. The average Bonchev–Trinajstić information content (AvgIpc) is 2.72. The minimum absolute atomic E-state index is 0.00190. The minimum atomic E-state index is -0.518. The van der Waals surface area contributed by atoms with Gasteiger partial charge in [-0.05, 0) is 51.7 Å². The van der Waals surface area contributed by atoms with Crippen LogP contribution in [0.15, 0.2) is 48.5 Å². The Hall–Kier alpha value is -2.62. The third-order valence-electron chi connectivity index (χ3n) is 5.39. The number of nitrogens with zero attached hydrogens (tertiary/aromatic N) is 1. The van der Waals surface area contributed by atoms with Gasteiger partial charge in [-0.15, -0.1) is 0 Å². The first-order valence-electron chi connectivity index (χ1n) is 10.5. The monoisotopic (exact) mass is 394 g/mol. The highest BCUT2D eigenvalue weighted by atomic mass is 16.2. The topological polar surface area (TPSA) is 49.4 Å². The Kier molecular flexibility index (Phi) is 8.44. The number of benzene rings is 2. The summed E-state index contributed by atoms with van der Waals surface area (Å²) in [6, 6.07) is 15.9. The van der Waals surface area contributed by atoms with Gasteiger partial charge in [0, 0.05) is 19.0 Å². The van der Waals surface area contributed by atoms with Crippen molar-refractivity contribution in [2.75, 3.05) is 0 Å². The van der Waals surface area contributed by atoms with E-state index < -0.39 is 6.04 Å². The summed E-state index contributed by atoms with van der Waals surface area (Å²) in [5.74, 6) is -0.104. The van der Waals surface area contributed by atoms with Gasteiger partial charge in [-0.3, -0.25) is 9.59 Å². The predicted molar refractivity (Wildman–Crippen MR) is 119 cm³/mol. The van der Waals surface area contributed by atoms with E-state index in [4.69, 9.17) is 0 Å². The van der Waals surface area contributed by atoms with Crippen LogP contribution in [-0.4, -0.2) is 28.8 Å². The molecule has 0 saturated carbocycles. The van der Waals surface area contributed by atoms with Crippen LogP contribution in [0.25, 0.3) is 0 Å². The SMILES string of the molecule is CC[C@@H](C)NC(=O)[C@@H](C)N(Cc1ccc(C)cc1)C(=O)CCc1ccc(C)cc1. The van der Waals surface area contributed by atoms with Gasteiger partial charge in [0.25, 0.3) is 0 Å². The fourth-order valence-electron chi connectivity index (χ4n) is 3.09. The van der Waals surface area contributed by atoms with Gasteiger partial charge in [-0.1, -0.05) is 66.6 Å². The molecule has 0 aliphatic heterocycles. The van der Waals surface area contributed by atoms with Gasteiger partial charge in [-0.25, -0.2) is 0 Å². The quantitative estimate of drug-likeness (QED) is 0.677. The summed E-state index contributed by atoms with van der Waals surface area (Å²) in [6.45, 7) is 10.4. The normalized spacial score (nSPS) is 12.9. The highest BCUT2D eigenvalue weighted by Gasteiger charge is 2.26. The maximum atomic E-state index is 13.1. The molecule has 2 atom stereocenters. The standard InChI is InChI=1S/C25H34N2O2/c1-6-20(4)26-25(29)21(5)27(17-23-13-9-19(3)10-14-23)24(28)16-15-22-11-7-18(2)8-12-22/h7-14,20-21H,6,15-17H2,1-5H3,(H,26,29)/t20-,21-/m1/s1. The van der Waals surface area contributed by atoms with E-state index >= 15 is 0 Å². The van der Waals surface area contributed by atoms with E-state index in [2.05, 4.69) is 36.5 Å². The lowest BCUT2D eigenvalue weighted by Crippen LogP contribution is -2.49. The Bertz CT molecular complexity index is 797. The Labute approximate surface area is 175 Å². The van der Waals surface area contributed by atoms with Crippen LogP contribution in [0.5, 0.6) is 0 Å². The van der Waals surface area contributed by atoms with Crippen LogP contribution >= 0.6 is 0 Å². The Morgan fingerprint density at radius 1 is 0.897 bits per heavy atom. The first-order chi connectivity index (χ1) is 13.8. The number of hydrogen-bond acceptors (Lipinski definition) is 2. The van der Waals surface area contributed by atoms with Gasteiger partial charge < -0.3 is 10.2 Å². The van der Waals surface area contributed by atoms with Gasteiger partial charge in [0.15, 0.2) is 0 Å². The molecule has 0 fully saturated rings. The molecule has 0 aliphatic carbocycles. The molecule has 0 aromatic heterocycles.